The first-order valence-electron chi connectivity index (χ1n) is 6.93. The average molecular weight is 310 g/mol. The summed E-state index contributed by atoms with van der Waals surface area (Å²) in [7, 11) is -5.33. The minimum Gasteiger partial charge on any atom is -0.298 e. The van der Waals surface area contributed by atoms with E-state index in [1.165, 1.54) is 6.42 Å². The Kier molecular flexibility index (Phi) is 6.33. The van der Waals surface area contributed by atoms with Gasteiger partial charge in [-0.3, -0.25) is 4.79 Å². The Morgan fingerprint density at radius 3 is 2.26 bits per heavy atom. The molecule has 0 atom stereocenters. The maximum atomic E-state index is 12.2. The van der Waals surface area contributed by atoms with Crippen molar-refractivity contribution in [1.82, 2.24) is 0 Å². The molecule has 6 heteroatoms. The molecular weight excluding hydrogens is 284 g/mol. The summed E-state index contributed by atoms with van der Waals surface area (Å²) in [5, 5.41) is 0. The molecule has 0 aromatic rings. The van der Waals surface area contributed by atoms with Gasteiger partial charge in [-0.25, -0.2) is 3.63 Å². The van der Waals surface area contributed by atoms with Crippen LogP contribution in [0.2, 0.25) is 0 Å². The average Bonchev–Trinajstić information content (AvgIpc) is 2.27. The number of hydrogen-bond acceptors (Lipinski definition) is 4. The monoisotopic (exact) mass is 310 g/mol. The van der Waals surface area contributed by atoms with Crippen LogP contribution < -0.4 is 0 Å². The lowest BCUT2D eigenvalue weighted by Crippen LogP contribution is -2.25. The van der Waals surface area contributed by atoms with Crippen LogP contribution in [0.5, 0.6) is 0 Å². The van der Waals surface area contributed by atoms with Crippen molar-refractivity contribution in [2.24, 2.45) is 5.92 Å². The van der Waals surface area contributed by atoms with Gasteiger partial charge in [-0.05, 0) is 31.8 Å². The highest BCUT2D eigenvalue weighted by molar-refractivity contribution is 8.32. The van der Waals surface area contributed by atoms with Crippen molar-refractivity contribution < 1.29 is 16.8 Å². The van der Waals surface area contributed by atoms with Gasteiger partial charge in [0.25, 0.3) is 10.1 Å². The number of Topliss-reactive ketones (excluding diaryl/α,β-unsaturated/α-hetero) is 1. The Balaban J connectivity index is 2.55. The van der Waals surface area contributed by atoms with Crippen molar-refractivity contribution in [2.75, 3.05) is 24.0 Å². The van der Waals surface area contributed by atoms with Gasteiger partial charge in [0.2, 0.25) is 0 Å². The molecule has 1 aliphatic carbocycles. The van der Waals surface area contributed by atoms with E-state index < -0.39 is 20.4 Å². The summed E-state index contributed by atoms with van der Waals surface area (Å²) in [6.45, 7) is 1.80. The number of rotatable bonds is 7. The Morgan fingerprint density at radius 1 is 1.16 bits per heavy atom. The summed E-state index contributed by atoms with van der Waals surface area (Å²) in [6.07, 6.45) is 9.41. The summed E-state index contributed by atoms with van der Waals surface area (Å²) in [6, 6.07) is 0. The summed E-state index contributed by atoms with van der Waals surface area (Å²) in [5.41, 5.74) is 0. The lowest BCUT2D eigenvalue weighted by atomic mass is 9.87. The van der Waals surface area contributed by atoms with Crippen LogP contribution in [0.4, 0.5) is 0 Å². The van der Waals surface area contributed by atoms with E-state index >= 15 is 0 Å². The van der Waals surface area contributed by atoms with Crippen LogP contribution in [0.15, 0.2) is 0 Å². The first-order valence-corrected chi connectivity index (χ1v) is 11.1. The third kappa shape index (κ3) is 6.27. The van der Waals surface area contributed by atoms with E-state index in [0.29, 0.717) is 6.42 Å². The zero-order valence-electron chi connectivity index (χ0n) is 12.2. The van der Waals surface area contributed by atoms with Gasteiger partial charge in [-0.15, -0.1) is 10.3 Å². The van der Waals surface area contributed by atoms with Crippen LogP contribution in [0, 0.1) is 5.92 Å². The highest BCUT2D eigenvalue weighted by Crippen LogP contribution is 2.44. The van der Waals surface area contributed by atoms with Gasteiger partial charge in [0, 0.05) is 5.92 Å². The van der Waals surface area contributed by atoms with Crippen molar-refractivity contribution in [2.45, 2.75) is 45.4 Å². The molecule has 0 aliphatic heterocycles. The predicted molar refractivity (Wildman–Crippen MR) is 81.1 cm³/mol. The highest BCUT2D eigenvalue weighted by atomic mass is 32.3. The number of ketones is 1. The highest BCUT2D eigenvalue weighted by Gasteiger charge is 2.29. The fourth-order valence-electron chi connectivity index (χ4n) is 2.47. The molecule has 4 nitrogen and oxygen atoms in total. The lowest BCUT2D eigenvalue weighted by Gasteiger charge is -2.31. The molecule has 1 fully saturated rings. The van der Waals surface area contributed by atoms with Crippen LogP contribution >= 0.6 is 10.3 Å². The molecule has 0 heterocycles. The van der Waals surface area contributed by atoms with E-state index in [4.69, 9.17) is 3.63 Å². The molecule has 0 saturated heterocycles. The maximum absolute atomic E-state index is 12.2. The zero-order chi connectivity index (χ0) is 14.5. The Hall–Kier alpha value is -0.0700. The third-order valence-electron chi connectivity index (χ3n) is 3.29. The molecule has 1 rings (SSSR count). The van der Waals surface area contributed by atoms with Gasteiger partial charge in [-0.1, -0.05) is 26.2 Å². The summed E-state index contributed by atoms with van der Waals surface area (Å²) in [5.74, 6) is 0.603. The Bertz CT molecular complexity index is 395. The SMILES string of the molecule is CCCS(=O)(=O)OS(C)(C)CC(=O)C1CCCCC1. The maximum Gasteiger partial charge on any atom is 0.276 e. The Morgan fingerprint density at radius 2 is 1.74 bits per heavy atom. The quantitative estimate of drug-likeness (QED) is 0.725. The molecule has 0 amide bonds. The fraction of sp³-hybridized carbons (Fsp3) is 0.923. The molecule has 0 unspecified atom stereocenters. The van der Waals surface area contributed by atoms with Crippen molar-refractivity contribution >= 4 is 26.2 Å². The summed E-state index contributed by atoms with van der Waals surface area (Å²) < 4.78 is 28.6. The number of carbonyl (C=O) groups excluding carboxylic acids is 1. The van der Waals surface area contributed by atoms with Gasteiger partial charge in [0.1, 0.15) is 5.78 Å². The van der Waals surface area contributed by atoms with Crippen LogP contribution in [0.3, 0.4) is 0 Å². The standard InChI is InChI=1S/C13H26O4S2/c1-4-10-19(15,16)17-18(2,3)11-13(14)12-8-6-5-7-9-12/h12H,4-11H2,1-3H3. The van der Waals surface area contributed by atoms with Gasteiger partial charge < -0.3 is 0 Å². The molecule has 0 spiro atoms. The van der Waals surface area contributed by atoms with Gasteiger partial charge in [-0.2, -0.15) is 8.42 Å². The minimum atomic E-state index is -3.48. The van der Waals surface area contributed by atoms with Crippen LogP contribution in [0.1, 0.15) is 45.4 Å². The predicted octanol–water partition coefficient (Wildman–Crippen LogP) is 2.87. The third-order valence-corrected chi connectivity index (χ3v) is 7.48. The second-order valence-corrected chi connectivity index (χ2v) is 10.9. The fourth-order valence-corrected chi connectivity index (χ4v) is 6.60. The molecular formula is C13H26O4S2. The van der Waals surface area contributed by atoms with Crippen molar-refractivity contribution in [1.29, 1.82) is 0 Å². The van der Waals surface area contributed by atoms with E-state index in [1.807, 2.05) is 0 Å². The van der Waals surface area contributed by atoms with Crippen molar-refractivity contribution in [3.05, 3.63) is 0 Å². The molecule has 0 bridgehead atoms. The van der Waals surface area contributed by atoms with Crippen LogP contribution in [-0.2, 0) is 18.5 Å². The van der Waals surface area contributed by atoms with E-state index in [9.17, 15) is 13.2 Å². The normalized spacial score (nSPS) is 19.3. The molecule has 1 aliphatic rings. The van der Waals surface area contributed by atoms with E-state index in [0.717, 1.165) is 25.7 Å². The molecule has 19 heavy (non-hydrogen) atoms. The molecule has 114 valence electrons. The van der Waals surface area contributed by atoms with E-state index in [-0.39, 0.29) is 23.2 Å². The van der Waals surface area contributed by atoms with E-state index in [2.05, 4.69) is 0 Å². The second kappa shape index (κ2) is 7.09. The van der Waals surface area contributed by atoms with Crippen LogP contribution in [0.25, 0.3) is 0 Å². The Labute approximate surface area is 118 Å². The first kappa shape index (κ1) is 17.0. The van der Waals surface area contributed by atoms with Gasteiger partial charge in [0.15, 0.2) is 0 Å². The smallest absolute Gasteiger partial charge is 0.276 e. The van der Waals surface area contributed by atoms with Gasteiger partial charge >= 0.3 is 0 Å². The summed E-state index contributed by atoms with van der Waals surface area (Å²) in [4.78, 5) is 12.2. The molecule has 0 N–H and O–H groups in total. The molecule has 0 aromatic carbocycles. The lowest BCUT2D eigenvalue weighted by molar-refractivity contribution is -0.121. The van der Waals surface area contributed by atoms with Crippen molar-refractivity contribution in [3.63, 3.8) is 0 Å². The van der Waals surface area contributed by atoms with Crippen LogP contribution in [-0.4, -0.2) is 38.2 Å². The summed E-state index contributed by atoms with van der Waals surface area (Å²) >= 11 is 0. The topological polar surface area (TPSA) is 60.4 Å². The number of hydrogen-bond donors (Lipinski definition) is 0. The van der Waals surface area contributed by atoms with Crippen molar-refractivity contribution in [3.8, 4) is 0 Å². The molecule has 0 radical (unpaired) electrons. The van der Waals surface area contributed by atoms with Gasteiger partial charge in [0.05, 0.1) is 11.5 Å². The largest absolute Gasteiger partial charge is 0.298 e. The zero-order valence-corrected chi connectivity index (χ0v) is 13.8. The minimum absolute atomic E-state index is 0.0288. The van der Waals surface area contributed by atoms with E-state index in [1.54, 1.807) is 19.4 Å². The molecule has 1 saturated carbocycles. The molecule has 0 aromatic heterocycles. The second-order valence-electron chi connectivity index (χ2n) is 5.71. The first-order chi connectivity index (χ1) is 8.76. The number of carbonyl (C=O) groups is 1.